The summed E-state index contributed by atoms with van der Waals surface area (Å²) < 4.78 is 0. The number of nitrogens with one attached hydrogen (secondary N) is 1. The first-order valence-corrected chi connectivity index (χ1v) is 6.68. The Hall–Kier alpha value is -1.35. The van der Waals surface area contributed by atoms with Crippen molar-refractivity contribution in [2.45, 2.75) is 39.2 Å². The predicted octanol–water partition coefficient (Wildman–Crippen LogP) is 2.35. The average molecular weight is 246 g/mol. The third-order valence-corrected chi connectivity index (χ3v) is 3.66. The van der Waals surface area contributed by atoms with Crippen LogP contribution in [0.4, 0.5) is 5.69 Å². The Morgan fingerprint density at radius 3 is 2.78 bits per heavy atom. The Kier molecular flexibility index (Phi) is 3.71. The van der Waals surface area contributed by atoms with Gasteiger partial charge in [-0.2, -0.15) is 0 Å². The normalized spacial score (nSPS) is 19.7. The monoisotopic (exact) mass is 246 g/mol. The van der Waals surface area contributed by atoms with Gasteiger partial charge in [-0.3, -0.25) is 4.79 Å². The highest BCUT2D eigenvalue weighted by molar-refractivity contribution is 5.97. The van der Waals surface area contributed by atoms with Crippen molar-refractivity contribution in [2.75, 3.05) is 18.0 Å². The predicted molar refractivity (Wildman–Crippen MR) is 74.9 cm³/mol. The van der Waals surface area contributed by atoms with Gasteiger partial charge in [0.15, 0.2) is 0 Å². The maximum absolute atomic E-state index is 12.4. The van der Waals surface area contributed by atoms with Gasteiger partial charge in [0.1, 0.15) is 0 Å². The largest absolute Gasteiger partial charge is 0.308 e. The first-order chi connectivity index (χ1) is 8.56. The fourth-order valence-electron chi connectivity index (χ4n) is 2.61. The fraction of sp³-hybridized carbons (Fsp3) is 0.533. The van der Waals surface area contributed by atoms with Gasteiger partial charge in [0.05, 0.1) is 6.54 Å². The SMILES string of the molecule is CCc1ccccc1N1C(=O)CNCCC1(C)C. The number of carbonyl (C=O) groups is 1. The van der Waals surface area contributed by atoms with Gasteiger partial charge < -0.3 is 10.2 Å². The first-order valence-electron chi connectivity index (χ1n) is 6.68. The zero-order valence-electron chi connectivity index (χ0n) is 11.5. The molecular formula is C15H22N2O. The summed E-state index contributed by atoms with van der Waals surface area (Å²) in [6, 6.07) is 8.22. The molecule has 1 aromatic rings. The standard InChI is InChI=1S/C15H22N2O/c1-4-12-7-5-6-8-13(12)17-14(18)11-16-10-9-15(17,2)3/h5-8,16H,4,9-11H2,1-3H3. The van der Waals surface area contributed by atoms with E-state index in [-0.39, 0.29) is 11.4 Å². The molecule has 3 nitrogen and oxygen atoms in total. The lowest BCUT2D eigenvalue weighted by molar-refractivity contribution is -0.118. The summed E-state index contributed by atoms with van der Waals surface area (Å²) >= 11 is 0. The molecule has 1 fully saturated rings. The number of hydrogen-bond acceptors (Lipinski definition) is 2. The van der Waals surface area contributed by atoms with Crippen LogP contribution in [0.1, 0.15) is 32.8 Å². The molecule has 0 saturated carbocycles. The van der Waals surface area contributed by atoms with Crippen LogP contribution >= 0.6 is 0 Å². The lowest BCUT2D eigenvalue weighted by Gasteiger charge is -2.38. The second-order valence-electron chi connectivity index (χ2n) is 5.45. The van der Waals surface area contributed by atoms with Crippen LogP contribution in [0.3, 0.4) is 0 Å². The number of rotatable bonds is 2. The van der Waals surface area contributed by atoms with Crippen LogP contribution in [0.5, 0.6) is 0 Å². The molecule has 0 atom stereocenters. The van der Waals surface area contributed by atoms with Crippen LogP contribution in [-0.4, -0.2) is 24.5 Å². The third kappa shape index (κ3) is 2.41. The van der Waals surface area contributed by atoms with Crippen molar-refractivity contribution in [3.63, 3.8) is 0 Å². The van der Waals surface area contributed by atoms with Crippen molar-refractivity contribution >= 4 is 11.6 Å². The Labute approximate surface area is 109 Å². The minimum Gasteiger partial charge on any atom is -0.308 e. The Morgan fingerprint density at radius 1 is 1.33 bits per heavy atom. The highest BCUT2D eigenvalue weighted by Crippen LogP contribution is 2.30. The number of benzene rings is 1. The molecule has 2 rings (SSSR count). The van der Waals surface area contributed by atoms with E-state index in [2.05, 4.69) is 38.2 Å². The van der Waals surface area contributed by atoms with Gasteiger partial charge in [-0.25, -0.2) is 0 Å². The summed E-state index contributed by atoms with van der Waals surface area (Å²) in [4.78, 5) is 14.3. The molecule has 98 valence electrons. The number of hydrogen-bond donors (Lipinski definition) is 1. The maximum atomic E-state index is 12.4. The van der Waals surface area contributed by atoms with E-state index in [4.69, 9.17) is 0 Å². The summed E-state index contributed by atoms with van der Waals surface area (Å²) in [5.41, 5.74) is 2.17. The van der Waals surface area contributed by atoms with Crippen LogP contribution in [0.25, 0.3) is 0 Å². The molecular weight excluding hydrogens is 224 g/mol. The van der Waals surface area contributed by atoms with Crippen molar-refractivity contribution in [2.24, 2.45) is 0 Å². The van der Waals surface area contributed by atoms with Gasteiger partial charge in [-0.1, -0.05) is 25.1 Å². The van der Waals surface area contributed by atoms with Crippen molar-refractivity contribution in [1.82, 2.24) is 5.32 Å². The minimum absolute atomic E-state index is 0.133. The number of anilines is 1. The van der Waals surface area contributed by atoms with Gasteiger partial charge in [-0.15, -0.1) is 0 Å². The molecule has 1 N–H and O–H groups in total. The second-order valence-corrected chi connectivity index (χ2v) is 5.45. The van der Waals surface area contributed by atoms with E-state index >= 15 is 0 Å². The molecule has 0 radical (unpaired) electrons. The van der Waals surface area contributed by atoms with E-state index in [1.165, 1.54) is 5.56 Å². The summed E-state index contributed by atoms with van der Waals surface area (Å²) in [6.45, 7) is 7.74. The van der Waals surface area contributed by atoms with Crippen LogP contribution < -0.4 is 10.2 Å². The molecule has 1 aromatic carbocycles. The molecule has 1 saturated heterocycles. The van der Waals surface area contributed by atoms with E-state index in [0.717, 1.165) is 25.1 Å². The van der Waals surface area contributed by atoms with Crippen LogP contribution in [0.15, 0.2) is 24.3 Å². The minimum atomic E-state index is -0.133. The van der Waals surface area contributed by atoms with Gasteiger partial charge in [0.25, 0.3) is 0 Å². The average Bonchev–Trinajstić information content (AvgIpc) is 2.47. The van der Waals surface area contributed by atoms with Crippen LogP contribution in [0.2, 0.25) is 0 Å². The van der Waals surface area contributed by atoms with Crippen LogP contribution in [0, 0.1) is 0 Å². The summed E-state index contributed by atoms with van der Waals surface area (Å²) in [6.07, 6.45) is 1.92. The summed E-state index contributed by atoms with van der Waals surface area (Å²) in [5.74, 6) is 0.165. The van der Waals surface area contributed by atoms with E-state index in [1.807, 2.05) is 17.0 Å². The van der Waals surface area contributed by atoms with Crippen molar-refractivity contribution < 1.29 is 4.79 Å². The van der Waals surface area contributed by atoms with E-state index in [0.29, 0.717) is 6.54 Å². The molecule has 0 unspecified atom stereocenters. The highest BCUT2D eigenvalue weighted by atomic mass is 16.2. The molecule has 18 heavy (non-hydrogen) atoms. The van der Waals surface area contributed by atoms with E-state index in [9.17, 15) is 4.79 Å². The number of para-hydroxylation sites is 1. The van der Waals surface area contributed by atoms with Gasteiger partial charge >= 0.3 is 0 Å². The second kappa shape index (κ2) is 5.11. The molecule has 0 spiro atoms. The molecule has 3 heteroatoms. The number of aryl methyl sites for hydroxylation is 1. The van der Waals surface area contributed by atoms with Crippen molar-refractivity contribution in [1.29, 1.82) is 0 Å². The number of nitrogens with zero attached hydrogens (tertiary/aromatic N) is 1. The van der Waals surface area contributed by atoms with E-state index in [1.54, 1.807) is 0 Å². The van der Waals surface area contributed by atoms with Crippen LogP contribution in [-0.2, 0) is 11.2 Å². The lowest BCUT2D eigenvalue weighted by Crippen LogP contribution is -2.48. The third-order valence-electron chi connectivity index (χ3n) is 3.66. The topological polar surface area (TPSA) is 32.3 Å². The van der Waals surface area contributed by atoms with Gasteiger partial charge in [0, 0.05) is 11.2 Å². The van der Waals surface area contributed by atoms with E-state index < -0.39 is 0 Å². The molecule has 0 aromatic heterocycles. The molecule has 0 aliphatic carbocycles. The molecule has 1 amide bonds. The fourth-order valence-corrected chi connectivity index (χ4v) is 2.61. The number of amides is 1. The van der Waals surface area contributed by atoms with Gasteiger partial charge in [-0.05, 0) is 44.9 Å². The van der Waals surface area contributed by atoms with Crippen molar-refractivity contribution in [3.05, 3.63) is 29.8 Å². The Morgan fingerprint density at radius 2 is 2.06 bits per heavy atom. The zero-order chi connectivity index (χ0) is 13.2. The first kappa shape index (κ1) is 13.1. The zero-order valence-corrected chi connectivity index (χ0v) is 11.5. The Bertz CT molecular complexity index is 440. The van der Waals surface area contributed by atoms with Crippen molar-refractivity contribution in [3.8, 4) is 0 Å². The molecule has 0 bridgehead atoms. The molecule has 1 heterocycles. The van der Waals surface area contributed by atoms with Gasteiger partial charge in [0.2, 0.25) is 5.91 Å². The molecule has 1 aliphatic rings. The molecule has 1 aliphatic heterocycles. The lowest BCUT2D eigenvalue weighted by atomic mass is 9.96. The summed E-state index contributed by atoms with van der Waals surface area (Å²) in [5, 5.41) is 3.20. The smallest absolute Gasteiger partial charge is 0.241 e. The number of carbonyl (C=O) groups excluding carboxylic acids is 1. The highest BCUT2D eigenvalue weighted by Gasteiger charge is 2.34. The summed E-state index contributed by atoms with van der Waals surface area (Å²) in [7, 11) is 0. The quantitative estimate of drug-likeness (QED) is 0.868. The maximum Gasteiger partial charge on any atom is 0.241 e. The Balaban J connectivity index is 2.47.